The van der Waals surface area contributed by atoms with Crippen molar-refractivity contribution in [2.45, 2.75) is 49.5 Å². The quantitative estimate of drug-likeness (QED) is 0.468. The van der Waals surface area contributed by atoms with Gasteiger partial charge in [-0.15, -0.1) is 0 Å². The van der Waals surface area contributed by atoms with E-state index in [0.717, 1.165) is 28.6 Å². The molecule has 1 fully saturated rings. The Morgan fingerprint density at radius 3 is 2.40 bits per heavy atom. The van der Waals surface area contributed by atoms with Gasteiger partial charge >= 0.3 is 12.3 Å². The van der Waals surface area contributed by atoms with Crippen LogP contribution in [0.15, 0.2) is 47.4 Å². The Kier molecular flexibility index (Phi) is 7.35. The topological polar surface area (TPSA) is 138 Å². The molecule has 15 heteroatoms. The van der Waals surface area contributed by atoms with Gasteiger partial charge < -0.3 is 14.8 Å². The van der Waals surface area contributed by atoms with Crippen molar-refractivity contribution >= 4 is 33.4 Å². The summed E-state index contributed by atoms with van der Waals surface area (Å²) in [5.74, 6) is -1.15. The molecule has 0 radical (unpaired) electrons. The number of carbonyl (C=O) groups is 2. The first-order valence-corrected chi connectivity index (χ1v) is 13.4. The molecule has 1 aliphatic carbocycles. The van der Waals surface area contributed by atoms with Gasteiger partial charge in [0.05, 0.1) is 29.7 Å². The first kappa shape index (κ1) is 28.9. The Hall–Kier alpha value is -4.06. The van der Waals surface area contributed by atoms with E-state index < -0.39 is 51.1 Å². The molecule has 0 spiro atoms. The lowest BCUT2D eigenvalue weighted by atomic mass is 10.1. The summed E-state index contributed by atoms with van der Waals surface area (Å²) in [6.07, 6.45) is -6.36. The average molecular weight is 585 g/mol. The van der Waals surface area contributed by atoms with Gasteiger partial charge in [-0.1, -0.05) is 0 Å². The third-order valence-electron chi connectivity index (χ3n) is 6.46. The maximum absolute atomic E-state index is 13.6. The number of amides is 2. The number of fused-ring (bicyclic) bond motifs is 1. The Morgan fingerprint density at radius 1 is 1.18 bits per heavy atom. The summed E-state index contributed by atoms with van der Waals surface area (Å²) < 4.78 is 91.2. The fraction of sp³-hybridized carbons (Fsp3) is 0.400. The molecule has 2 aromatic carbocycles. The fourth-order valence-corrected chi connectivity index (χ4v) is 5.28. The van der Waals surface area contributed by atoms with Crippen molar-refractivity contribution < 1.29 is 45.0 Å². The standard InChI is InChI=1S/C25H24F4N4O6S/c1-23(2,25(27,28)29)39-22(35)32-16-5-8-20-19(11-16)33(40(36,37)18-6-3-15(26)4-7-18)13-17(38-20)12-31-21(34)24(14-30)9-10-24/h3-8,11,17H,9-10,12-13H2,1-2H3,(H,31,34)(H,32,35). The number of anilines is 2. The zero-order valence-corrected chi connectivity index (χ0v) is 22.0. The van der Waals surface area contributed by atoms with E-state index in [4.69, 9.17) is 4.74 Å². The first-order chi connectivity index (χ1) is 18.6. The van der Waals surface area contributed by atoms with Crippen molar-refractivity contribution in [2.24, 2.45) is 5.41 Å². The second kappa shape index (κ2) is 10.2. The van der Waals surface area contributed by atoms with Crippen molar-refractivity contribution in [3.05, 3.63) is 48.3 Å². The zero-order valence-electron chi connectivity index (χ0n) is 21.2. The van der Waals surface area contributed by atoms with E-state index in [1.54, 1.807) is 0 Å². The van der Waals surface area contributed by atoms with Gasteiger partial charge in [-0.25, -0.2) is 17.6 Å². The third-order valence-corrected chi connectivity index (χ3v) is 8.25. The van der Waals surface area contributed by atoms with Crippen LogP contribution in [0.25, 0.3) is 0 Å². The van der Waals surface area contributed by atoms with Crippen LogP contribution in [0.3, 0.4) is 0 Å². The van der Waals surface area contributed by atoms with E-state index in [2.05, 4.69) is 15.4 Å². The van der Waals surface area contributed by atoms with E-state index in [1.807, 2.05) is 6.07 Å². The number of ether oxygens (including phenoxy) is 2. The van der Waals surface area contributed by atoms with Gasteiger partial charge in [-0.3, -0.25) is 14.4 Å². The minimum atomic E-state index is -4.84. The molecule has 0 saturated heterocycles. The van der Waals surface area contributed by atoms with Gasteiger partial charge in [0.25, 0.3) is 10.0 Å². The second-order valence-electron chi connectivity index (χ2n) is 9.84. The largest absolute Gasteiger partial charge is 0.484 e. The third kappa shape index (κ3) is 5.76. The zero-order chi connectivity index (χ0) is 29.5. The molecule has 1 aliphatic heterocycles. The van der Waals surface area contributed by atoms with Crippen LogP contribution in [-0.4, -0.2) is 51.4 Å². The maximum Gasteiger partial charge on any atom is 0.427 e. The van der Waals surface area contributed by atoms with Crippen LogP contribution in [0.2, 0.25) is 0 Å². The highest BCUT2D eigenvalue weighted by Gasteiger charge is 2.51. The molecule has 4 rings (SSSR count). The summed E-state index contributed by atoms with van der Waals surface area (Å²) in [5.41, 5.74) is -4.08. The lowest BCUT2D eigenvalue weighted by Gasteiger charge is -2.36. The van der Waals surface area contributed by atoms with Gasteiger partial charge in [-0.05, 0) is 69.2 Å². The van der Waals surface area contributed by atoms with Crippen LogP contribution >= 0.6 is 0 Å². The highest BCUT2D eigenvalue weighted by atomic mass is 32.2. The number of alkyl halides is 3. The van der Waals surface area contributed by atoms with Crippen LogP contribution in [0.1, 0.15) is 26.7 Å². The lowest BCUT2D eigenvalue weighted by molar-refractivity contribution is -0.242. The van der Waals surface area contributed by atoms with Crippen LogP contribution in [-0.2, 0) is 19.6 Å². The summed E-state index contributed by atoms with van der Waals surface area (Å²) in [4.78, 5) is 24.3. The number of hydrogen-bond acceptors (Lipinski definition) is 7. The number of carbonyl (C=O) groups excluding carboxylic acids is 2. The number of nitrogens with one attached hydrogen (secondary N) is 2. The normalized spacial score (nSPS) is 18.0. The van der Waals surface area contributed by atoms with Crippen molar-refractivity contribution in [1.82, 2.24) is 5.32 Å². The predicted octanol–water partition coefficient (Wildman–Crippen LogP) is 4.09. The van der Waals surface area contributed by atoms with Gasteiger partial charge in [0.1, 0.15) is 23.1 Å². The maximum atomic E-state index is 13.6. The molecule has 2 amide bonds. The molecule has 2 aliphatic rings. The number of rotatable bonds is 7. The van der Waals surface area contributed by atoms with Gasteiger partial charge in [-0.2, -0.15) is 18.4 Å². The summed E-state index contributed by atoms with van der Waals surface area (Å²) in [7, 11) is -4.35. The monoisotopic (exact) mass is 584 g/mol. The summed E-state index contributed by atoms with van der Waals surface area (Å²) in [6, 6.07) is 9.71. The molecule has 0 bridgehead atoms. The molecule has 40 heavy (non-hydrogen) atoms. The molecule has 1 atom stereocenters. The van der Waals surface area contributed by atoms with Crippen LogP contribution < -0.4 is 19.7 Å². The number of nitriles is 1. The molecule has 2 aromatic rings. The lowest BCUT2D eigenvalue weighted by Crippen LogP contribution is -2.49. The van der Waals surface area contributed by atoms with E-state index in [9.17, 15) is 40.8 Å². The second-order valence-corrected chi connectivity index (χ2v) is 11.7. The highest BCUT2D eigenvalue weighted by Crippen LogP contribution is 2.45. The van der Waals surface area contributed by atoms with E-state index >= 15 is 0 Å². The van der Waals surface area contributed by atoms with Gasteiger partial charge in [0, 0.05) is 5.69 Å². The number of halogens is 4. The number of hydrogen-bond donors (Lipinski definition) is 2. The minimum absolute atomic E-state index is 0.0205. The Bertz CT molecular complexity index is 1470. The molecule has 10 nitrogen and oxygen atoms in total. The number of benzene rings is 2. The Labute approximate surface area is 226 Å². The molecular weight excluding hydrogens is 560 g/mol. The molecule has 1 saturated carbocycles. The smallest absolute Gasteiger partial charge is 0.427 e. The van der Waals surface area contributed by atoms with E-state index in [-0.39, 0.29) is 35.1 Å². The summed E-state index contributed by atoms with van der Waals surface area (Å²) in [6.45, 7) is 0.868. The minimum Gasteiger partial charge on any atom is -0.484 e. The van der Waals surface area contributed by atoms with Crippen LogP contribution in [0.5, 0.6) is 5.75 Å². The molecule has 1 unspecified atom stereocenters. The van der Waals surface area contributed by atoms with Crippen LogP contribution in [0, 0.1) is 22.6 Å². The van der Waals surface area contributed by atoms with Crippen molar-refractivity contribution in [2.75, 3.05) is 22.7 Å². The molecular formula is C25H24F4N4O6S. The van der Waals surface area contributed by atoms with Crippen LogP contribution in [0.4, 0.5) is 33.7 Å². The Balaban J connectivity index is 1.62. The number of sulfonamides is 1. The molecule has 1 heterocycles. The number of nitrogens with zero attached hydrogens (tertiary/aromatic N) is 2. The van der Waals surface area contributed by atoms with Gasteiger partial charge in [0.2, 0.25) is 11.5 Å². The SMILES string of the molecule is CC(C)(OC(=O)Nc1ccc2c(c1)N(S(=O)(=O)c1ccc(F)cc1)CC(CNC(=O)C1(C#N)CC1)O2)C(F)(F)F. The van der Waals surface area contributed by atoms with Gasteiger partial charge in [0.15, 0.2) is 0 Å². The Morgan fingerprint density at radius 2 is 1.82 bits per heavy atom. The summed E-state index contributed by atoms with van der Waals surface area (Å²) >= 11 is 0. The molecule has 214 valence electrons. The average Bonchev–Trinajstić information content (AvgIpc) is 3.67. The molecule has 0 aromatic heterocycles. The predicted molar refractivity (Wildman–Crippen MR) is 132 cm³/mol. The van der Waals surface area contributed by atoms with Crippen molar-refractivity contribution in [3.63, 3.8) is 0 Å². The van der Waals surface area contributed by atoms with E-state index in [0.29, 0.717) is 26.7 Å². The van der Waals surface area contributed by atoms with Crippen molar-refractivity contribution in [1.29, 1.82) is 5.26 Å². The fourth-order valence-electron chi connectivity index (χ4n) is 3.78. The summed E-state index contributed by atoms with van der Waals surface area (Å²) in [5, 5.41) is 14.0. The first-order valence-electron chi connectivity index (χ1n) is 11.9. The van der Waals surface area contributed by atoms with E-state index in [1.165, 1.54) is 18.2 Å². The highest BCUT2D eigenvalue weighted by molar-refractivity contribution is 7.92. The van der Waals surface area contributed by atoms with Crippen molar-refractivity contribution in [3.8, 4) is 11.8 Å². The molecule has 2 N–H and O–H groups in total.